The lowest BCUT2D eigenvalue weighted by Crippen LogP contribution is -2.02. The molecule has 0 aromatic carbocycles. The highest BCUT2D eigenvalue weighted by Gasteiger charge is 2.01. The summed E-state index contributed by atoms with van der Waals surface area (Å²) in [6.45, 7) is 0. The molecule has 0 aliphatic heterocycles. The van der Waals surface area contributed by atoms with Gasteiger partial charge >= 0.3 is 5.97 Å². The van der Waals surface area contributed by atoms with Crippen LogP contribution < -0.4 is 0 Å². The number of nitrogens with zero attached hydrogens (tertiary/aromatic N) is 2. The van der Waals surface area contributed by atoms with Gasteiger partial charge < -0.3 is 5.11 Å². The predicted molar refractivity (Wildman–Crippen MR) is 40.3 cm³/mol. The highest BCUT2D eigenvalue weighted by atomic mass is 16.4. The molecule has 0 spiro atoms. The van der Waals surface area contributed by atoms with Gasteiger partial charge in [0.1, 0.15) is 11.8 Å². The van der Waals surface area contributed by atoms with E-state index in [1.165, 1.54) is 6.07 Å². The Hall–Kier alpha value is -1.89. The van der Waals surface area contributed by atoms with Crippen molar-refractivity contribution in [3.05, 3.63) is 29.6 Å². The smallest absolute Gasteiger partial charge is 0.309 e. The molecule has 0 unspecified atom stereocenters. The van der Waals surface area contributed by atoms with Crippen molar-refractivity contribution in [3.63, 3.8) is 0 Å². The molecule has 60 valence electrons. The number of aromatic nitrogens is 1. The molecule has 1 aromatic heterocycles. The number of pyridine rings is 1. The first kappa shape index (κ1) is 8.21. The number of carboxylic acid groups (broad SMARTS) is 1. The predicted octanol–water partition coefficient (Wildman–Crippen LogP) is 0.580. The first-order valence-electron chi connectivity index (χ1n) is 3.30. The summed E-state index contributed by atoms with van der Waals surface area (Å²) in [6, 6.07) is 6.56. The Morgan fingerprint density at radius 1 is 1.67 bits per heavy atom. The minimum atomic E-state index is -0.947. The zero-order chi connectivity index (χ0) is 8.97. The van der Waals surface area contributed by atoms with Crippen molar-refractivity contribution in [1.29, 1.82) is 5.26 Å². The number of hydrogen-bond acceptors (Lipinski definition) is 3. The van der Waals surface area contributed by atoms with Gasteiger partial charge in [-0.2, -0.15) is 5.26 Å². The first-order valence-corrected chi connectivity index (χ1v) is 3.30. The summed E-state index contributed by atoms with van der Waals surface area (Å²) in [7, 11) is 0. The number of carboxylic acids is 1. The molecule has 0 aliphatic rings. The maximum Gasteiger partial charge on any atom is 0.309 e. The average Bonchev–Trinajstić information content (AvgIpc) is 2.03. The highest BCUT2D eigenvalue weighted by Crippen LogP contribution is 1.98. The van der Waals surface area contributed by atoms with Crippen LogP contribution in [0.2, 0.25) is 0 Å². The van der Waals surface area contributed by atoms with Gasteiger partial charge in [0, 0.05) is 0 Å². The standard InChI is InChI=1S/C8H6N2O2/c9-5-7-3-1-2-6(10-7)4-8(11)12/h1-3H,4H2,(H,11,12). The molecule has 4 heteroatoms. The lowest BCUT2D eigenvalue weighted by molar-refractivity contribution is -0.136. The molecule has 0 bridgehead atoms. The molecule has 0 saturated heterocycles. The van der Waals surface area contributed by atoms with Crippen molar-refractivity contribution < 1.29 is 9.90 Å². The maximum atomic E-state index is 10.2. The molecule has 1 aromatic rings. The van der Waals surface area contributed by atoms with Crippen LogP contribution in [0.3, 0.4) is 0 Å². The molecular weight excluding hydrogens is 156 g/mol. The lowest BCUT2D eigenvalue weighted by atomic mass is 10.2. The molecule has 0 amide bonds. The minimum Gasteiger partial charge on any atom is -0.481 e. The third kappa shape index (κ3) is 2.06. The molecule has 1 heterocycles. The second-order valence-corrected chi connectivity index (χ2v) is 2.20. The van der Waals surface area contributed by atoms with Gasteiger partial charge in [0.2, 0.25) is 0 Å². The number of rotatable bonds is 2. The van der Waals surface area contributed by atoms with Gasteiger partial charge in [-0.05, 0) is 12.1 Å². The average molecular weight is 162 g/mol. The quantitative estimate of drug-likeness (QED) is 0.690. The van der Waals surface area contributed by atoms with Crippen LogP contribution in [-0.2, 0) is 11.2 Å². The van der Waals surface area contributed by atoms with E-state index in [1.807, 2.05) is 6.07 Å². The lowest BCUT2D eigenvalue weighted by Gasteiger charge is -1.94. The minimum absolute atomic E-state index is 0.143. The summed E-state index contributed by atoms with van der Waals surface area (Å²) < 4.78 is 0. The largest absolute Gasteiger partial charge is 0.481 e. The molecule has 0 aliphatic carbocycles. The van der Waals surface area contributed by atoms with Crippen molar-refractivity contribution in [2.75, 3.05) is 0 Å². The van der Waals surface area contributed by atoms with Gasteiger partial charge in [0.05, 0.1) is 12.1 Å². The van der Waals surface area contributed by atoms with Crippen molar-refractivity contribution in [2.24, 2.45) is 0 Å². The highest BCUT2D eigenvalue weighted by molar-refractivity contribution is 5.69. The van der Waals surface area contributed by atoms with E-state index < -0.39 is 5.97 Å². The van der Waals surface area contributed by atoms with Crippen LogP contribution in [0.25, 0.3) is 0 Å². The molecule has 0 radical (unpaired) electrons. The Balaban J connectivity index is 2.88. The summed E-state index contributed by atoms with van der Waals surface area (Å²) in [5, 5.41) is 16.8. The zero-order valence-electron chi connectivity index (χ0n) is 6.19. The molecule has 12 heavy (non-hydrogen) atoms. The molecule has 1 rings (SSSR count). The summed E-state index contributed by atoms with van der Waals surface area (Å²) in [5.74, 6) is -0.947. The fourth-order valence-electron chi connectivity index (χ4n) is 0.795. The summed E-state index contributed by atoms with van der Waals surface area (Å²) >= 11 is 0. The van der Waals surface area contributed by atoms with Gasteiger partial charge in [-0.3, -0.25) is 4.79 Å². The van der Waals surface area contributed by atoms with Crippen LogP contribution in [0.5, 0.6) is 0 Å². The van der Waals surface area contributed by atoms with E-state index in [1.54, 1.807) is 12.1 Å². The fourth-order valence-corrected chi connectivity index (χ4v) is 0.795. The Kier molecular flexibility index (Phi) is 2.38. The second-order valence-electron chi connectivity index (χ2n) is 2.20. The van der Waals surface area contributed by atoms with Crippen LogP contribution in [0.1, 0.15) is 11.4 Å². The summed E-state index contributed by atoms with van der Waals surface area (Å²) in [6.07, 6.45) is -0.143. The van der Waals surface area contributed by atoms with E-state index in [4.69, 9.17) is 10.4 Å². The molecular formula is C8H6N2O2. The first-order chi connectivity index (χ1) is 5.72. The van der Waals surface area contributed by atoms with Gasteiger partial charge in [0.15, 0.2) is 0 Å². The van der Waals surface area contributed by atoms with Gasteiger partial charge in [0.25, 0.3) is 0 Å². The summed E-state index contributed by atoms with van der Waals surface area (Å²) in [4.78, 5) is 14.0. The maximum absolute atomic E-state index is 10.2. The Morgan fingerprint density at radius 3 is 3.00 bits per heavy atom. The molecule has 0 atom stereocenters. The number of carbonyl (C=O) groups is 1. The van der Waals surface area contributed by atoms with E-state index in [-0.39, 0.29) is 12.1 Å². The van der Waals surface area contributed by atoms with Gasteiger partial charge in [-0.25, -0.2) is 4.98 Å². The SMILES string of the molecule is N#Cc1cccc(CC(=O)O)n1. The molecule has 1 N–H and O–H groups in total. The Labute approximate surface area is 69.1 Å². The fraction of sp³-hybridized carbons (Fsp3) is 0.125. The summed E-state index contributed by atoms with van der Waals surface area (Å²) in [5.41, 5.74) is 0.648. The van der Waals surface area contributed by atoms with E-state index in [0.29, 0.717) is 5.69 Å². The monoisotopic (exact) mass is 162 g/mol. The molecule has 0 fully saturated rings. The number of aliphatic carboxylic acids is 1. The molecule has 0 saturated carbocycles. The Bertz CT molecular complexity index is 341. The normalized spacial score (nSPS) is 8.92. The van der Waals surface area contributed by atoms with Gasteiger partial charge in [-0.15, -0.1) is 0 Å². The van der Waals surface area contributed by atoms with E-state index in [2.05, 4.69) is 4.98 Å². The van der Waals surface area contributed by atoms with Crippen LogP contribution >= 0.6 is 0 Å². The second kappa shape index (κ2) is 3.49. The third-order valence-electron chi connectivity index (χ3n) is 1.25. The van der Waals surface area contributed by atoms with E-state index in [0.717, 1.165) is 0 Å². The molecule has 4 nitrogen and oxygen atoms in total. The Morgan fingerprint density at radius 2 is 2.42 bits per heavy atom. The van der Waals surface area contributed by atoms with Crippen LogP contribution in [-0.4, -0.2) is 16.1 Å². The van der Waals surface area contributed by atoms with Crippen molar-refractivity contribution in [3.8, 4) is 6.07 Å². The number of hydrogen-bond donors (Lipinski definition) is 1. The van der Waals surface area contributed by atoms with Crippen molar-refractivity contribution >= 4 is 5.97 Å². The van der Waals surface area contributed by atoms with E-state index >= 15 is 0 Å². The zero-order valence-corrected chi connectivity index (χ0v) is 6.19. The van der Waals surface area contributed by atoms with Crippen molar-refractivity contribution in [2.45, 2.75) is 6.42 Å². The topological polar surface area (TPSA) is 74.0 Å². The van der Waals surface area contributed by atoms with Crippen molar-refractivity contribution in [1.82, 2.24) is 4.98 Å². The van der Waals surface area contributed by atoms with Gasteiger partial charge in [-0.1, -0.05) is 6.07 Å². The van der Waals surface area contributed by atoms with Crippen LogP contribution in [0, 0.1) is 11.3 Å². The third-order valence-corrected chi connectivity index (χ3v) is 1.25. The van der Waals surface area contributed by atoms with E-state index in [9.17, 15) is 4.79 Å². The van der Waals surface area contributed by atoms with Crippen LogP contribution in [0.15, 0.2) is 18.2 Å². The van der Waals surface area contributed by atoms with Crippen LogP contribution in [0.4, 0.5) is 0 Å². The number of nitriles is 1.